The van der Waals surface area contributed by atoms with Gasteiger partial charge in [-0.05, 0) is 24.5 Å². The number of thioether (sulfide) groups is 1. The summed E-state index contributed by atoms with van der Waals surface area (Å²) in [6.07, 6.45) is 1.78. The lowest BCUT2D eigenvalue weighted by molar-refractivity contribution is 1.17. The Labute approximate surface area is 103 Å². The van der Waals surface area contributed by atoms with Gasteiger partial charge in [0.1, 0.15) is 5.04 Å². The van der Waals surface area contributed by atoms with E-state index in [4.69, 9.17) is 22.1 Å². The first-order valence-corrected chi connectivity index (χ1v) is 5.99. The van der Waals surface area contributed by atoms with Gasteiger partial charge in [0, 0.05) is 5.02 Å². The van der Waals surface area contributed by atoms with Crippen molar-refractivity contribution in [1.82, 2.24) is 0 Å². The van der Waals surface area contributed by atoms with Gasteiger partial charge in [0.15, 0.2) is 5.92 Å². The highest BCUT2D eigenvalue weighted by atomic mass is 35.5. The van der Waals surface area contributed by atoms with Gasteiger partial charge < -0.3 is 0 Å². The van der Waals surface area contributed by atoms with Gasteiger partial charge in [0.25, 0.3) is 0 Å². The third kappa shape index (κ3) is 3.27. The van der Waals surface area contributed by atoms with Crippen LogP contribution in [0.5, 0.6) is 0 Å². The summed E-state index contributed by atoms with van der Waals surface area (Å²) < 4.78 is 0. The highest BCUT2D eigenvalue weighted by Gasteiger charge is 2.13. The zero-order valence-corrected chi connectivity index (χ0v) is 10.1. The summed E-state index contributed by atoms with van der Waals surface area (Å²) in [4.78, 5) is 4.23. The van der Waals surface area contributed by atoms with Crippen LogP contribution in [-0.2, 0) is 0 Å². The van der Waals surface area contributed by atoms with Crippen LogP contribution in [0.15, 0.2) is 29.3 Å². The van der Waals surface area contributed by atoms with Crippen molar-refractivity contribution in [2.45, 2.75) is 0 Å². The Bertz CT molecular complexity index is 471. The van der Waals surface area contributed by atoms with E-state index in [2.05, 4.69) is 4.99 Å². The second-order valence-electron chi connectivity index (χ2n) is 2.83. The molecule has 0 radical (unpaired) electrons. The molecule has 0 spiro atoms. The van der Waals surface area contributed by atoms with Crippen LogP contribution >= 0.6 is 23.4 Å². The van der Waals surface area contributed by atoms with Crippen LogP contribution in [0.3, 0.4) is 0 Å². The molecule has 5 heteroatoms. The van der Waals surface area contributed by atoms with E-state index in [0.29, 0.717) is 15.8 Å². The monoisotopic (exact) mass is 249 g/mol. The van der Waals surface area contributed by atoms with Gasteiger partial charge in [-0.1, -0.05) is 17.7 Å². The predicted molar refractivity (Wildman–Crippen MR) is 66.8 cm³/mol. The van der Waals surface area contributed by atoms with Crippen molar-refractivity contribution in [3.8, 4) is 12.1 Å². The molecule has 0 fully saturated rings. The molecule has 1 rings (SSSR count). The van der Waals surface area contributed by atoms with E-state index in [1.807, 2.05) is 12.1 Å². The molecule has 0 aliphatic rings. The van der Waals surface area contributed by atoms with Crippen molar-refractivity contribution >= 4 is 34.1 Å². The number of aliphatic imine (C=N–C) groups is 1. The Morgan fingerprint density at radius 1 is 1.44 bits per heavy atom. The van der Waals surface area contributed by atoms with Crippen LogP contribution in [0.1, 0.15) is 0 Å². The van der Waals surface area contributed by atoms with Crippen LogP contribution in [0.2, 0.25) is 5.02 Å². The topological polar surface area (TPSA) is 59.9 Å². The van der Waals surface area contributed by atoms with E-state index in [1.54, 1.807) is 30.5 Å². The lowest BCUT2D eigenvalue weighted by Crippen LogP contribution is -2.05. The molecule has 3 nitrogen and oxygen atoms in total. The molecule has 0 saturated carbocycles. The average Bonchev–Trinajstić information content (AvgIpc) is 2.29. The van der Waals surface area contributed by atoms with Crippen LogP contribution in [-0.4, -0.2) is 11.3 Å². The zero-order valence-electron chi connectivity index (χ0n) is 8.51. The van der Waals surface area contributed by atoms with Crippen molar-refractivity contribution in [3.05, 3.63) is 29.3 Å². The molecule has 80 valence electrons. The SMILES string of the molecule is CSC(=Nc1cccc(Cl)c1)C(C#N)C#N. The number of hydrogen-bond donors (Lipinski definition) is 0. The second kappa shape index (κ2) is 6.17. The van der Waals surface area contributed by atoms with Crippen LogP contribution in [0.4, 0.5) is 5.69 Å². The molecule has 1 aromatic rings. The number of hydrogen-bond acceptors (Lipinski definition) is 4. The maximum absolute atomic E-state index is 8.77. The standard InChI is InChI=1S/C11H8ClN3S/c1-16-11(8(6-13)7-14)15-10-4-2-3-9(12)5-10/h2-5,8H,1H3. The van der Waals surface area contributed by atoms with Gasteiger partial charge >= 0.3 is 0 Å². The molecule has 1 aromatic carbocycles. The minimum absolute atomic E-state index is 0.479. The first kappa shape index (κ1) is 12.6. The minimum Gasteiger partial charge on any atom is -0.244 e. The first-order valence-electron chi connectivity index (χ1n) is 4.38. The molecule has 0 atom stereocenters. The van der Waals surface area contributed by atoms with Crippen molar-refractivity contribution in [3.63, 3.8) is 0 Å². The molecule has 0 aromatic heterocycles. The van der Waals surface area contributed by atoms with Crippen molar-refractivity contribution < 1.29 is 0 Å². The van der Waals surface area contributed by atoms with Crippen LogP contribution < -0.4 is 0 Å². The lowest BCUT2D eigenvalue weighted by Gasteiger charge is -2.02. The van der Waals surface area contributed by atoms with Gasteiger partial charge in [0.05, 0.1) is 17.8 Å². The molecule has 0 bridgehead atoms. The number of nitrogens with zero attached hydrogens (tertiary/aromatic N) is 3. The maximum atomic E-state index is 8.77. The van der Waals surface area contributed by atoms with E-state index >= 15 is 0 Å². The summed E-state index contributed by atoms with van der Waals surface area (Å²) in [6.45, 7) is 0. The molecule has 0 amide bonds. The largest absolute Gasteiger partial charge is 0.244 e. The summed E-state index contributed by atoms with van der Waals surface area (Å²) in [5.41, 5.74) is 0.646. The quantitative estimate of drug-likeness (QED) is 0.596. The number of benzene rings is 1. The lowest BCUT2D eigenvalue weighted by atomic mass is 10.2. The average molecular weight is 250 g/mol. The van der Waals surface area contributed by atoms with Crippen molar-refractivity contribution in [1.29, 1.82) is 10.5 Å². The molecular weight excluding hydrogens is 242 g/mol. The van der Waals surface area contributed by atoms with E-state index in [-0.39, 0.29) is 0 Å². The third-order valence-corrected chi connectivity index (χ3v) is 2.74. The Morgan fingerprint density at radius 2 is 2.12 bits per heavy atom. The summed E-state index contributed by atoms with van der Waals surface area (Å²) in [5.74, 6) is -0.825. The van der Waals surface area contributed by atoms with E-state index in [1.165, 1.54) is 11.8 Å². The normalized spacial score (nSPS) is 10.9. The van der Waals surface area contributed by atoms with Crippen LogP contribution in [0.25, 0.3) is 0 Å². The molecule has 0 saturated heterocycles. The van der Waals surface area contributed by atoms with Gasteiger partial charge in [0.2, 0.25) is 0 Å². The predicted octanol–water partition coefficient (Wildman–Crippen LogP) is 3.40. The fourth-order valence-electron chi connectivity index (χ4n) is 1.04. The molecular formula is C11H8ClN3S. The Morgan fingerprint density at radius 3 is 2.62 bits per heavy atom. The second-order valence-corrected chi connectivity index (χ2v) is 4.09. The number of nitriles is 2. The van der Waals surface area contributed by atoms with Gasteiger partial charge in [-0.2, -0.15) is 10.5 Å². The Balaban J connectivity index is 3.06. The fourth-order valence-corrected chi connectivity index (χ4v) is 1.76. The van der Waals surface area contributed by atoms with E-state index in [0.717, 1.165) is 0 Å². The van der Waals surface area contributed by atoms with Gasteiger partial charge in [-0.3, -0.25) is 0 Å². The van der Waals surface area contributed by atoms with E-state index < -0.39 is 5.92 Å². The Hall–Kier alpha value is -1.49. The smallest absolute Gasteiger partial charge is 0.181 e. The first-order chi connectivity index (χ1) is 7.71. The number of halogens is 1. The molecule has 0 N–H and O–H groups in total. The molecule has 0 aliphatic heterocycles. The summed E-state index contributed by atoms with van der Waals surface area (Å²) >= 11 is 7.10. The molecule has 16 heavy (non-hydrogen) atoms. The van der Waals surface area contributed by atoms with Gasteiger partial charge in [-0.25, -0.2) is 4.99 Å². The highest BCUT2D eigenvalue weighted by molar-refractivity contribution is 8.13. The Kier molecular flexibility index (Phi) is 4.85. The fraction of sp³-hybridized carbons (Fsp3) is 0.182. The maximum Gasteiger partial charge on any atom is 0.181 e. The van der Waals surface area contributed by atoms with Gasteiger partial charge in [-0.15, -0.1) is 11.8 Å². The molecule has 0 aliphatic carbocycles. The third-order valence-electron chi connectivity index (χ3n) is 1.76. The van der Waals surface area contributed by atoms with Crippen molar-refractivity contribution in [2.24, 2.45) is 10.9 Å². The highest BCUT2D eigenvalue weighted by Crippen LogP contribution is 2.21. The number of rotatable bonds is 2. The zero-order chi connectivity index (χ0) is 12.0. The van der Waals surface area contributed by atoms with E-state index in [9.17, 15) is 0 Å². The summed E-state index contributed by atoms with van der Waals surface area (Å²) in [7, 11) is 0. The minimum atomic E-state index is -0.825. The van der Waals surface area contributed by atoms with Crippen LogP contribution in [0, 0.1) is 28.6 Å². The summed E-state index contributed by atoms with van der Waals surface area (Å²) in [5, 5.41) is 18.6. The van der Waals surface area contributed by atoms with Crippen molar-refractivity contribution in [2.75, 3.05) is 6.26 Å². The summed E-state index contributed by atoms with van der Waals surface area (Å²) in [6, 6.07) is 10.8. The molecule has 0 unspecified atom stereocenters. The molecule has 0 heterocycles.